The second kappa shape index (κ2) is 19.2. The molecule has 3 aliphatic carbocycles. The van der Waals surface area contributed by atoms with E-state index >= 15 is 0 Å². The Morgan fingerprint density at radius 2 is 0.736 bits per heavy atom. The van der Waals surface area contributed by atoms with E-state index < -0.39 is 0 Å². The normalized spacial score (nSPS) is 21.0. The van der Waals surface area contributed by atoms with Crippen LogP contribution in [0.1, 0.15) is 114 Å². The fourth-order valence-corrected chi connectivity index (χ4v) is 12.1. The highest BCUT2D eigenvalue weighted by atomic mass is 32.2. The Bertz CT molecular complexity index is 3080. The van der Waals surface area contributed by atoms with Crippen LogP contribution in [0, 0.1) is 51.7 Å². The molecule has 6 aliphatic rings. The van der Waals surface area contributed by atoms with E-state index in [1.54, 1.807) is 67.6 Å². The first-order valence-electron chi connectivity index (χ1n) is 24.5. The van der Waals surface area contributed by atoms with E-state index in [1.165, 1.54) is 0 Å². The largest absolute Gasteiger partial charge is 0.286 e. The van der Waals surface area contributed by atoms with Crippen LogP contribution in [-0.2, 0) is 35.9 Å². The van der Waals surface area contributed by atoms with E-state index in [0.29, 0.717) is 69.9 Å². The molecule has 72 heavy (non-hydrogen) atoms. The molecule has 6 aromatic heterocycles. The summed E-state index contributed by atoms with van der Waals surface area (Å²) in [5, 5.41) is 30.6. The zero-order valence-corrected chi connectivity index (χ0v) is 43.7. The highest BCUT2D eigenvalue weighted by Crippen LogP contribution is 2.48. The molecule has 0 bridgehead atoms. The van der Waals surface area contributed by atoms with Gasteiger partial charge in [0.05, 0.1) is 17.1 Å². The molecule has 0 spiro atoms. The van der Waals surface area contributed by atoms with Crippen molar-refractivity contribution in [1.82, 2.24) is 43.6 Å². The van der Waals surface area contributed by atoms with Crippen LogP contribution in [0.4, 0.5) is 0 Å². The number of hydrogen-bond donors (Lipinski definition) is 0. The number of nitriles is 3. The van der Waals surface area contributed by atoms with Gasteiger partial charge in [-0.1, -0.05) is 76.8 Å². The summed E-state index contributed by atoms with van der Waals surface area (Å²) >= 11 is 4.74. The van der Waals surface area contributed by atoms with Gasteiger partial charge in [0.15, 0.2) is 15.5 Å². The summed E-state index contributed by atoms with van der Waals surface area (Å²) in [6.07, 6.45) is 12.2. The van der Waals surface area contributed by atoms with Crippen LogP contribution in [0.3, 0.4) is 0 Å². The van der Waals surface area contributed by atoms with Gasteiger partial charge in [-0.15, -0.1) is 0 Å². The van der Waals surface area contributed by atoms with Crippen molar-refractivity contribution in [2.45, 2.75) is 131 Å². The van der Waals surface area contributed by atoms with Crippen molar-refractivity contribution in [1.29, 1.82) is 15.8 Å². The average molecular weight is 1020 g/mol. The molecule has 0 amide bonds. The highest BCUT2D eigenvalue weighted by molar-refractivity contribution is 7.99. The van der Waals surface area contributed by atoms with E-state index in [9.17, 15) is 30.2 Å². The van der Waals surface area contributed by atoms with Crippen molar-refractivity contribution in [2.75, 3.05) is 17.3 Å². The second-order valence-electron chi connectivity index (χ2n) is 21.2. The zero-order chi connectivity index (χ0) is 50.7. The lowest BCUT2D eigenvalue weighted by Gasteiger charge is -2.22. The van der Waals surface area contributed by atoms with Gasteiger partial charge in [-0.2, -0.15) is 15.8 Å². The first-order chi connectivity index (χ1) is 34.5. The minimum atomic E-state index is -0.241. The van der Waals surface area contributed by atoms with Gasteiger partial charge in [-0.05, 0) is 92.7 Å². The number of thioether (sulfide) groups is 3. The van der Waals surface area contributed by atoms with E-state index in [0.717, 1.165) is 89.6 Å². The van der Waals surface area contributed by atoms with E-state index in [2.05, 4.69) is 89.7 Å². The van der Waals surface area contributed by atoms with Gasteiger partial charge in [0.25, 0.3) is 16.7 Å². The Morgan fingerprint density at radius 1 is 0.472 bits per heavy atom. The molecular weight excluding hydrogens is 961 g/mol. The first kappa shape index (κ1) is 49.2. The molecule has 18 heteroatoms. The molecule has 0 saturated heterocycles. The summed E-state index contributed by atoms with van der Waals surface area (Å²) in [4.78, 5) is 65.6. The van der Waals surface area contributed by atoms with Gasteiger partial charge in [-0.25, -0.2) is 15.0 Å². The molecule has 366 valence electrons. The summed E-state index contributed by atoms with van der Waals surface area (Å²) in [6, 6.07) is 17.9. The number of aromatic nitrogens is 9. The van der Waals surface area contributed by atoms with E-state index in [1.807, 2.05) is 36.4 Å². The standard InChI is InChI=1S/3C18H18N4OS/c3*1-11-9-22-16(23)13(7-19)15(21-17(22)24-10-11)12-3-4-14(20-8-12)18(2)5-6-18/h3*3-4,8,11H,5-6,9-10H2,1-2H3/t2*11-;/m10./s1. The quantitative estimate of drug-likeness (QED) is 0.142. The summed E-state index contributed by atoms with van der Waals surface area (Å²) in [5.74, 6) is 4.02. The van der Waals surface area contributed by atoms with Gasteiger partial charge in [0.1, 0.15) is 34.9 Å². The zero-order valence-electron chi connectivity index (χ0n) is 41.2. The fourth-order valence-electron chi connectivity index (χ4n) is 9.09. The molecule has 0 N–H and O–H groups in total. The first-order valence-corrected chi connectivity index (χ1v) is 27.4. The molecule has 6 aromatic rings. The lowest BCUT2D eigenvalue weighted by Crippen LogP contribution is -2.32. The molecule has 1 unspecified atom stereocenters. The van der Waals surface area contributed by atoms with Crippen LogP contribution in [0.5, 0.6) is 0 Å². The minimum Gasteiger partial charge on any atom is -0.286 e. The Hall–Kier alpha value is -6.39. The molecule has 9 heterocycles. The number of rotatable bonds is 6. The smallest absolute Gasteiger partial charge is 0.272 e. The van der Waals surface area contributed by atoms with Crippen LogP contribution in [0.25, 0.3) is 33.8 Å². The third-order valence-electron chi connectivity index (χ3n) is 14.7. The van der Waals surface area contributed by atoms with Crippen molar-refractivity contribution in [3.63, 3.8) is 0 Å². The summed E-state index contributed by atoms with van der Waals surface area (Å²) in [6.45, 7) is 14.8. The number of hydrogen-bond acceptors (Lipinski definition) is 15. The molecule has 3 saturated carbocycles. The maximum Gasteiger partial charge on any atom is 0.272 e. The van der Waals surface area contributed by atoms with Gasteiger partial charge >= 0.3 is 0 Å². The fraction of sp³-hybridized carbons (Fsp3) is 0.444. The molecule has 3 aliphatic heterocycles. The third-order valence-corrected chi connectivity index (χ3v) is 18.6. The molecular formula is C54H54N12O3S3. The Balaban J connectivity index is 0.000000124. The van der Waals surface area contributed by atoms with Gasteiger partial charge in [-0.3, -0.25) is 43.0 Å². The number of fused-ring (bicyclic) bond motifs is 3. The second-order valence-corrected chi connectivity index (χ2v) is 24.1. The van der Waals surface area contributed by atoms with Crippen LogP contribution in [0.2, 0.25) is 0 Å². The minimum absolute atomic E-state index is 0.112. The topological polar surface area (TPSA) is 215 Å². The number of pyridine rings is 3. The highest BCUT2D eigenvalue weighted by Gasteiger charge is 2.42. The summed E-state index contributed by atoms with van der Waals surface area (Å²) in [7, 11) is 0. The van der Waals surface area contributed by atoms with Crippen LogP contribution in [0.15, 0.2) is 84.8 Å². The Kier molecular flexibility index (Phi) is 13.1. The average Bonchev–Trinajstić information content (AvgIpc) is 4.35. The van der Waals surface area contributed by atoms with Gasteiger partial charge in [0.2, 0.25) is 0 Å². The van der Waals surface area contributed by atoms with Crippen molar-refractivity contribution < 1.29 is 0 Å². The predicted molar refractivity (Wildman–Crippen MR) is 279 cm³/mol. The maximum atomic E-state index is 12.7. The van der Waals surface area contributed by atoms with Crippen LogP contribution < -0.4 is 16.7 Å². The molecule has 0 aromatic carbocycles. The van der Waals surface area contributed by atoms with Gasteiger partial charge in [0, 0.05) is 106 Å². The van der Waals surface area contributed by atoms with E-state index in [-0.39, 0.29) is 49.6 Å². The Labute approximate surface area is 430 Å². The molecule has 3 atom stereocenters. The number of nitrogens with zero attached hydrogens (tertiary/aromatic N) is 12. The molecule has 15 nitrogen and oxygen atoms in total. The lowest BCUT2D eigenvalue weighted by molar-refractivity contribution is 0.460. The maximum absolute atomic E-state index is 12.7. The summed E-state index contributed by atoms with van der Waals surface area (Å²) in [5.41, 5.74) is 7.00. The molecule has 3 fully saturated rings. The predicted octanol–water partition coefficient (Wildman–Crippen LogP) is 8.91. The van der Waals surface area contributed by atoms with Crippen molar-refractivity contribution in [3.8, 4) is 52.0 Å². The van der Waals surface area contributed by atoms with Crippen LogP contribution >= 0.6 is 35.3 Å². The van der Waals surface area contributed by atoms with Crippen molar-refractivity contribution in [2.24, 2.45) is 17.8 Å². The van der Waals surface area contributed by atoms with Gasteiger partial charge < -0.3 is 0 Å². The monoisotopic (exact) mass is 1010 g/mol. The Morgan fingerprint density at radius 3 is 0.944 bits per heavy atom. The van der Waals surface area contributed by atoms with Crippen molar-refractivity contribution in [3.05, 3.63) is 120 Å². The molecule has 0 radical (unpaired) electrons. The van der Waals surface area contributed by atoms with E-state index in [4.69, 9.17) is 0 Å². The van der Waals surface area contributed by atoms with Crippen LogP contribution in [-0.4, -0.2) is 60.9 Å². The molecule has 12 rings (SSSR count). The van der Waals surface area contributed by atoms with Crippen molar-refractivity contribution >= 4 is 35.3 Å². The summed E-state index contributed by atoms with van der Waals surface area (Å²) < 4.78 is 4.90. The SMILES string of the molecule is CC1CSc2nc(-c3ccc(C4(C)CC4)nc3)c(C#N)c(=O)n2C1.C[C@@H]1CSc2nc(-c3ccc(C4(C)CC4)nc3)c(C#N)c(=O)n2C1.C[C@H]1CSc2nc(-c3ccc(C4(C)CC4)nc3)c(C#N)c(=O)n2C1. The third kappa shape index (κ3) is 9.55. The lowest BCUT2D eigenvalue weighted by atomic mass is 10.0.